The Morgan fingerprint density at radius 1 is 0.444 bits per heavy atom. The first-order valence-corrected chi connectivity index (χ1v) is 23.9. The molecule has 0 saturated carbocycles. The van der Waals surface area contributed by atoms with Crippen LogP contribution in [0, 0.1) is 0 Å². The molecule has 0 bridgehead atoms. The molecule has 4 heteroatoms. The predicted molar refractivity (Wildman–Crippen MR) is 239 cm³/mol. The Morgan fingerprint density at radius 3 is 1.13 bits per heavy atom. The summed E-state index contributed by atoms with van der Waals surface area (Å²) in [5.74, 6) is -0.0708. The van der Waals surface area contributed by atoms with Crippen molar-refractivity contribution in [3.63, 3.8) is 0 Å². The van der Waals surface area contributed by atoms with Gasteiger partial charge in [0, 0.05) is 6.42 Å². The van der Waals surface area contributed by atoms with E-state index < -0.39 is 12.1 Å². The molecule has 4 nitrogen and oxygen atoms in total. The molecule has 0 fully saturated rings. The quantitative estimate of drug-likeness (QED) is 0.0429. The Kier molecular flexibility index (Phi) is 44.3. The molecule has 0 heterocycles. The summed E-state index contributed by atoms with van der Waals surface area (Å²) in [6.07, 6.45) is 62.2. The lowest BCUT2D eigenvalue weighted by atomic mass is 10.0. The van der Waals surface area contributed by atoms with E-state index in [1.54, 1.807) is 6.08 Å². The van der Waals surface area contributed by atoms with Gasteiger partial charge in [0.15, 0.2) is 0 Å². The maximum Gasteiger partial charge on any atom is 0.220 e. The van der Waals surface area contributed by atoms with Crippen LogP contribution in [0.4, 0.5) is 0 Å². The Balaban J connectivity index is 3.58. The van der Waals surface area contributed by atoms with E-state index in [1.165, 1.54) is 186 Å². The second kappa shape index (κ2) is 45.7. The summed E-state index contributed by atoms with van der Waals surface area (Å²) < 4.78 is 0. The number of amides is 1. The lowest BCUT2D eigenvalue weighted by Gasteiger charge is -2.20. The highest BCUT2D eigenvalue weighted by molar-refractivity contribution is 5.76. The highest BCUT2D eigenvalue weighted by Crippen LogP contribution is 2.15. The molecule has 0 aliphatic rings. The third kappa shape index (κ3) is 41.5. The average molecular weight is 756 g/mol. The van der Waals surface area contributed by atoms with Crippen LogP contribution in [0.5, 0.6) is 0 Å². The summed E-state index contributed by atoms with van der Waals surface area (Å²) in [6.45, 7) is 4.31. The summed E-state index contributed by atoms with van der Waals surface area (Å²) in [6, 6.07) is -0.627. The highest BCUT2D eigenvalue weighted by Gasteiger charge is 2.17. The topological polar surface area (TPSA) is 69.6 Å². The molecule has 0 rings (SSSR count). The molecule has 3 N–H and O–H groups in total. The molecule has 2 unspecified atom stereocenters. The van der Waals surface area contributed by atoms with Crippen molar-refractivity contribution in [1.29, 1.82) is 0 Å². The van der Waals surface area contributed by atoms with Crippen LogP contribution in [-0.4, -0.2) is 34.9 Å². The minimum atomic E-state index is -0.843. The van der Waals surface area contributed by atoms with Gasteiger partial charge in [0.1, 0.15) is 0 Å². The number of allylic oxidation sites excluding steroid dienone is 7. The molecule has 316 valence electrons. The molecule has 0 aliphatic heterocycles. The molecule has 0 aliphatic carbocycles. The second-order valence-electron chi connectivity index (χ2n) is 16.2. The van der Waals surface area contributed by atoms with Crippen LogP contribution >= 0.6 is 0 Å². The van der Waals surface area contributed by atoms with Gasteiger partial charge in [-0.05, 0) is 57.8 Å². The molecule has 0 spiro atoms. The first kappa shape index (κ1) is 52.3. The first-order chi connectivity index (χ1) is 26.7. The molecule has 0 aromatic heterocycles. The Bertz CT molecular complexity index is 862. The summed E-state index contributed by atoms with van der Waals surface area (Å²) in [7, 11) is 0. The predicted octanol–water partition coefficient (Wildman–Crippen LogP) is 15.1. The van der Waals surface area contributed by atoms with Crippen molar-refractivity contribution < 1.29 is 15.0 Å². The molecule has 1 amide bonds. The average Bonchev–Trinajstić information content (AvgIpc) is 3.18. The largest absolute Gasteiger partial charge is 0.394 e. The normalized spacial score (nSPS) is 13.3. The number of hydrogen-bond acceptors (Lipinski definition) is 3. The van der Waals surface area contributed by atoms with Crippen LogP contribution < -0.4 is 5.32 Å². The number of nitrogens with one attached hydrogen (secondary N) is 1. The number of aliphatic hydroxyl groups excluding tert-OH is 2. The lowest BCUT2D eigenvalue weighted by Crippen LogP contribution is -2.45. The molecule has 0 radical (unpaired) electrons. The smallest absolute Gasteiger partial charge is 0.220 e. The monoisotopic (exact) mass is 756 g/mol. The molecular weight excluding hydrogens is 663 g/mol. The van der Waals surface area contributed by atoms with Gasteiger partial charge in [-0.3, -0.25) is 4.79 Å². The third-order valence-electron chi connectivity index (χ3n) is 10.8. The maximum absolute atomic E-state index is 12.4. The highest BCUT2D eigenvalue weighted by atomic mass is 16.3. The van der Waals surface area contributed by atoms with Gasteiger partial charge >= 0.3 is 0 Å². The van der Waals surface area contributed by atoms with Crippen LogP contribution in [-0.2, 0) is 4.79 Å². The van der Waals surface area contributed by atoms with E-state index in [4.69, 9.17) is 0 Å². The van der Waals surface area contributed by atoms with Crippen molar-refractivity contribution in [3.05, 3.63) is 48.6 Å². The van der Waals surface area contributed by atoms with Gasteiger partial charge in [-0.1, -0.05) is 229 Å². The Morgan fingerprint density at radius 2 is 0.759 bits per heavy atom. The van der Waals surface area contributed by atoms with Crippen LogP contribution in [0.15, 0.2) is 48.6 Å². The zero-order valence-corrected chi connectivity index (χ0v) is 36.2. The van der Waals surface area contributed by atoms with Gasteiger partial charge in [-0.25, -0.2) is 0 Å². The number of rotatable bonds is 43. The number of unbranched alkanes of at least 4 members (excludes halogenated alkanes) is 30. The van der Waals surface area contributed by atoms with Crippen LogP contribution in [0.1, 0.15) is 245 Å². The number of carbonyl (C=O) groups is 1. The Hall–Kier alpha value is -1.65. The molecular formula is C50H93NO3. The molecule has 0 aromatic carbocycles. The SMILES string of the molecule is CCCCCCC/C=C\C/C=C\C/C=C\CCCCCCCCCCC(=O)NC(CO)C(O)/C=C/CCCCCCCCCCCCCCCCCCC. The fourth-order valence-corrected chi connectivity index (χ4v) is 7.13. The summed E-state index contributed by atoms with van der Waals surface area (Å²) in [5, 5.41) is 23.1. The molecule has 2 atom stereocenters. The number of hydrogen-bond donors (Lipinski definition) is 3. The minimum Gasteiger partial charge on any atom is -0.394 e. The fourth-order valence-electron chi connectivity index (χ4n) is 7.13. The van der Waals surface area contributed by atoms with E-state index in [0.29, 0.717) is 6.42 Å². The van der Waals surface area contributed by atoms with Gasteiger partial charge in [0.25, 0.3) is 0 Å². The Labute approximate surface area is 337 Å². The zero-order chi connectivity index (χ0) is 39.3. The molecule has 0 aromatic rings. The van der Waals surface area contributed by atoms with Crippen molar-refractivity contribution in [1.82, 2.24) is 5.32 Å². The molecule has 54 heavy (non-hydrogen) atoms. The summed E-state index contributed by atoms with van der Waals surface area (Å²) >= 11 is 0. The lowest BCUT2D eigenvalue weighted by molar-refractivity contribution is -0.123. The maximum atomic E-state index is 12.4. The van der Waals surface area contributed by atoms with Crippen LogP contribution in [0.25, 0.3) is 0 Å². The van der Waals surface area contributed by atoms with Gasteiger partial charge in [-0.15, -0.1) is 0 Å². The van der Waals surface area contributed by atoms with Gasteiger partial charge in [-0.2, -0.15) is 0 Å². The van der Waals surface area contributed by atoms with E-state index >= 15 is 0 Å². The fraction of sp³-hybridized carbons (Fsp3) is 0.820. The van der Waals surface area contributed by atoms with Crippen LogP contribution in [0.2, 0.25) is 0 Å². The summed E-state index contributed by atoms with van der Waals surface area (Å²) in [5.41, 5.74) is 0. The van der Waals surface area contributed by atoms with E-state index in [9.17, 15) is 15.0 Å². The van der Waals surface area contributed by atoms with E-state index in [1.807, 2.05) is 6.08 Å². The van der Waals surface area contributed by atoms with Crippen molar-refractivity contribution in [2.45, 2.75) is 257 Å². The second-order valence-corrected chi connectivity index (χ2v) is 16.2. The van der Waals surface area contributed by atoms with Gasteiger partial charge < -0.3 is 15.5 Å². The van der Waals surface area contributed by atoms with E-state index in [2.05, 4.69) is 55.6 Å². The van der Waals surface area contributed by atoms with Gasteiger partial charge in [0.05, 0.1) is 18.8 Å². The van der Waals surface area contributed by atoms with E-state index in [0.717, 1.165) is 38.5 Å². The van der Waals surface area contributed by atoms with Crippen LogP contribution in [0.3, 0.4) is 0 Å². The molecule has 0 saturated heterocycles. The van der Waals surface area contributed by atoms with E-state index in [-0.39, 0.29) is 12.5 Å². The number of aliphatic hydroxyl groups is 2. The zero-order valence-electron chi connectivity index (χ0n) is 36.2. The van der Waals surface area contributed by atoms with Crippen molar-refractivity contribution >= 4 is 5.91 Å². The van der Waals surface area contributed by atoms with Crippen molar-refractivity contribution in [2.24, 2.45) is 0 Å². The van der Waals surface area contributed by atoms with Gasteiger partial charge in [0.2, 0.25) is 5.91 Å². The summed E-state index contributed by atoms with van der Waals surface area (Å²) in [4.78, 5) is 12.4. The first-order valence-electron chi connectivity index (χ1n) is 23.9. The van der Waals surface area contributed by atoms with Crippen molar-refractivity contribution in [3.8, 4) is 0 Å². The minimum absolute atomic E-state index is 0.0708. The standard InChI is InChI=1S/C50H93NO3/c1-3-5-7-9-11-13-15-17-19-21-23-24-25-26-28-30-32-34-36-38-40-42-44-46-50(54)51-48(47-52)49(53)45-43-41-39-37-35-33-31-29-27-22-20-18-16-14-12-10-8-6-4-2/h15,17,21,23,25-26,43,45,48-49,52-53H,3-14,16,18-20,22,24,27-42,44,46-47H2,1-2H3,(H,51,54)/b17-15-,23-21-,26-25-,45-43+. The number of carbonyl (C=O) groups excluding carboxylic acids is 1. The van der Waals surface area contributed by atoms with Crippen molar-refractivity contribution in [2.75, 3.05) is 6.61 Å². The third-order valence-corrected chi connectivity index (χ3v) is 10.8.